The summed E-state index contributed by atoms with van der Waals surface area (Å²) in [6.45, 7) is 2.20. The number of hydrogen-bond donors (Lipinski definition) is 0. The molecular weight excluding hydrogens is 224 g/mol. The molecule has 0 spiro atoms. The largest absolute Gasteiger partial charge is 0.281 e. The molecule has 1 aliphatic heterocycles. The lowest BCUT2D eigenvalue weighted by Crippen LogP contribution is -2.36. The van der Waals surface area contributed by atoms with Gasteiger partial charge in [-0.3, -0.25) is 0 Å². The van der Waals surface area contributed by atoms with E-state index >= 15 is 0 Å². The van der Waals surface area contributed by atoms with Crippen LogP contribution in [-0.2, 0) is 7.05 Å². The molecule has 0 bridgehead atoms. The van der Waals surface area contributed by atoms with E-state index in [0.717, 1.165) is 15.7 Å². The van der Waals surface area contributed by atoms with Gasteiger partial charge in [0, 0.05) is 6.07 Å². The molecular formula is C14H15N2Si+. The number of aromatic nitrogens is 1. The monoisotopic (exact) mass is 239 g/mol. The summed E-state index contributed by atoms with van der Waals surface area (Å²) in [6, 6.07) is 13.0. The van der Waals surface area contributed by atoms with E-state index in [1.807, 2.05) is 0 Å². The maximum atomic E-state index is 2.43. The summed E-state index contributed by atoms with van der Waals surface area (Å²) < 4.78 is 2.19. The quantitative estimate of drug-likeness (QED) is 0.537. The van der Waals surface area contributed by atoms with Gasteiger partial charge >= 0.3 is 0 Å². The number of benzene rings is 1. The number of nitrogens with zero attached hydrogens (tertiary/aromatic N) is 2. The predicted molar refractivity (Wildman–Crippen MR) is 71.2 cm³/mol. The number of rotatable bonds is 1. The van der Waals surface area contributed by atoms with Crippen LogP contribution in [0.5, 0.6) is 0 Å². The first-order valence-electron chi connectivity index (χ1n) is 5.83. The van der Waals surface area contributed by atoms with Crippen molar-refractivity contribution in [3.63, 3.8) is 0 Å². The normalized spacial score (nSPS) is 13.9. The summed E-state index contributed by atoms with van der Waals surface area (Å²) >= 11 is 0. The Hall–Kier alpha value is -1.61. The van der Waals surface area contributed by atoms with Crippen LogP contribution in [0.25, 0.3) is 0 Å². The Morgan fingerprint density at radius 3 is 2.88 bits per heavy atom. The zero-order valence-electron chi connectivity index (χ0n) is 10.1. The highest BCUT2D eigenvalue weighted by molar-refractivity contribution is 6.59. The molecule has 1 aromatic carbocycles. The number of anilines is 2. The summed E-state index contributed by atoms with van der Waals surface area (Å²) in [6.07, 6.45) is 3.22. The fourth-order valence-electron chi connectivity index (χ4n) is 2.39. The Balaban J connectivity index is 2.13. The average Bonchev–Trinajstić information content (AvgIpc) is 2.75. The average molecular weight is 239 g/mol. The highest BCUT2D eigenvalue weighted by Gasteiger charge is 2.30. The van der Waals surface area contributed by atoms with Crippen LogP contribution >= 0.6 is 0 Å². The molecule has 0 saturated carbocycles. The van der Waals surface area contributed by atoms with Gasteiger partial charge in [0.05, 0.1) is 19.4 Å². The van der Waals surface area contributed by atoms with Crippen LogP contribution in [0.15, 0.2) is 42.6 Å². The SMILES string of the molecule is Cc1cccc2c1N(c1cccc[n+]1C)C[Si]2. The molecule has 2 radical (unpaired) electrons. The molecule has 0 saturated heterocycles. The van der Waals surface area contributed by atoms with Gasteiger partial charge in [-0.2, -0.15) is 0 Å². The maximum absolute atomic E-state index is 2.43. The third-order valence-corrected chi connectivity index (χ3v) is 4.50. The van der Waals surface area contributed by atoms with Gasteiger partial charge in [0.15, 0.2) is 0 Å². The van der Waals surface area contributed by atoms with Gasteiger partial charge in [-0.1, -0.05) is 24.3 Å². The lowest BCUT2D eigenvalue weighted by Gasteiger charge is -2.15. The Morgan fingerprint density at radius 1 is 1.18 bits per heavy atom. The number of para-hydroxylation sites is 1. The molecule has 3 heteroatoms. The van der Waals surface area contributed by atoms with E-state index in [1.165, 1.54) is 22.3 Å². The van der Waals surface area contributed by atoms with Crippen molar-refractivity contribution in [1.29, 1.82) is 0 Å². The second-order valence-electron chi connectivity index (χ2n) is 4.40. The minimum Gasteiger partial charge on any atom is -0.237 e. The first-order valence-corrected chi connectivity index (χ1v) is 7.04. The highest BCUT2D eigenvalue weighted by Crippen LogP contribution is 2.26. The van der Waals surface area contributed by atoms with E-state index in [9.17, 15) is 0 Å². The van der Waals surface area contributed by atoms with E-state index in [-0.39, 0.29) is 0 Å². The topological polar surface area (TPSA) is 7.12 Å². The minimum absolute atomic E-state index is 0.891. The first-order chi connectivity index (χ1) is 8.27. The molecule has 2 heterocycles. The minimum atomic E-state index is 0.891. The smallest absolute Gasteiger partial charge is 0.237 e. The highest BCUT2D eigenvalue weighted by atomic mass is 28.2. The van der Waals surface area contributed by atoms with E-state index in [1.54, 1.807) is 0 Å². The van der Waals surface area contributed by atoms with E-state index in [0.29, 0.717) is 0 Å². The zero-order valence-corrected chi connectivity index (χ0v) is 11.1. The molecule has 17 heavy (non-hydrogen) atoms. The fourth-order valence-corrected chi connectivity index (χ4v) is 3.76. The molecule has 84 valence electrons. The summed E-state index contributed by atoms with van der Waals surface area (Å²) in [4.78, 5) is 2.43. The summed E-state index contributed by atoms with van der Waals surface area (Å²) in [5, 5.41) is 1.49. The lowest BCUT2D eigenvalue weighted by molar-refractivity contribution is -0.658. The van der Waals surface area contributed by atoms with Gasteiger partial charge in [0.1, 0.15) is 15.2 Å². The van der Waals surface area contributed by atoms with Gasteiger partial charge in [0.2, 0.25) is 0 Å². The van der Waals surface area contributed by atoms with Crippen molar-refractivity contribution >= 4 is 26.2 Å². The van der Waals surface area contributed by atoms with Crippen molar-refractivity contribution in [2.24, 2.45) is 7.05 Å². The van der Waals surface area contributed by atoms with Crippen LogP contribution in [0, 0.1) is 6.92 Å². The molecule has 0 fully saturated rings. The number of fused-ring (bicyclic) bond motifs is 1. The van der Waals surface area contributed by atoms with E-state index in [4.69, 9.17) is 0 Å². The van der Waals surface area contributed by atoms with Crippen molar-refractivity contribution in [1.82, 2.24) is 0 Å². The molecule has 0 amide bonds. The van der Waals surface area contributed by atoms with Crippen LogP contribution in [0.1, 0.15) is 5.56 Å². The Kier molecular flexibility index (Phi) is 2.48. The number of aryl methyl sites for hydroxylation is 2. The van der Waals surface area contributed by atoms with Gasteiger partial charge in [-0.15, -0.1) is 0 Å². The second-order valence-corrected chi connectivity index (χ2v) is 5.61. The van der Waals surface area contributed by atoms with Crippen molar-refractivity contribution in [3.05, 3.63) is 48.2 Å². The Morgan fingerprint density at radius 2 is 2.06 bits per heavy atom. The predicted octanol–water partition coefficient (Wildman–Crippen LogP) is 1.26. The molecule has 0 N–H and O–H groups in total. The van der Waals surface area contributed by atoms with Crippen molar-refractivity contribution in [3.8, 4) is 0 Å². The van der Waals surface area contributed by atoms with Gasteiger partial charge < -0.3 is 0 Å². The summed E-state index contributed by atoms with van der Waals surface area (Å²) in [5.41, 5.74) is 2.78. The first kappa shape index (κ1) is 10.5. The van der Waals surface area contributed by atoms with E-state index in [2.05, 4.69) is 66.0 Å². The Bertz CT molecular complexity index is 566. The van der Waals surface area contributed by atoms with Crippen LogP contribution in [0.2, 0.25) is 0 Å². The fraction of sp³-hybridized carbons (Fsp3) is 0.214. The third-order valence-electron chi connectivity index (χ3n) is 3.24. The van der Waals surface area contributed by atoms with Crippen molar-refractivity contribution in [2.75, 3.05) is 11.1 Å². The van der Waals surface area contributed by atoms with Gasteiger partial charge in [0.25, 0.3) is 5.82 Å². The lowest BCUT2D eigenvalue weighted by atomic mass is 10.2. The molecule has 2 nitrogen and oxygen atoms in total. The molecule has 2 aromatic rings. The molecule has 3 rings (SSSR count). The van der Waals surface area contributed by atoms with Gasteiger partial charge in [-0.05, 0) is 23.7 Å². The van der Waals surface area contributed by atoms with Crippen LogP contribution in [0.4, 0.5) is 11.5 Å². The third kappa shape index (κ3) is 1.67. The Labute approximate surface area is 104 Å². The zero-order chi connectivity index (χ0) is 11.8. The molecule has 1 aliphatic rings. The van der Waals surface area contributed by atoms with E-state index < -0.39 is 0 Å². The summed E-state index contributed by atoms with van der Waals surface area (Å²) in [5.74, 6) is 1.27. The van der Waals surface area contributed by atoms with Crippen molar-refractivity contribution < 1.29 is 4.57 Å². The second kappa shape index (κ2) is 4.00. The molecule has 0 atom stereocenters. The number of hydrogen-bond acceptors (Lipinski definition) is 1. The van der Waals surface area contributed by atoms with Crippen molar-refractivity contribution in [2.45, 2.75) is 6.92 Å². The standard InChI is InChI=1S/C14H15N2Si/c1-11-6-5-7-12-14(11)16(10-17-12)13-8-3-4-9-15(13)2/h3-9H,10H2,1-2H3/q+1. The van der Waals surface area contributed by atoms with Crippen LogP contribution in [0.3, 0.4) is 0 Å². The number of pyridine rings is 1. The molecule has 0 unspecified atom stereocenters. The van der Waals surface area contributed by atoms with Crippen LogP contribution < -0.4 is 14.7 Å². The summed E-state index contributed by atoms with van der Waals surface area (Å²) in [7, 11) is 3.00. The molecule has 0 aliphatic carbocycles. The molecule has 1 aromatic heterocycles. The van der Waals surface area contributed by atoms with Crippen LogP contribution in [-0.4, -0.2) is 15.7 Å². The van der Waals surface area contributed by atoms with Gasteiger partial charge in [-0.25, -0.2) is 9.47 Å². The maximum Gasteiger partial charge on any atom is 0.281 e.